The summed E-state index contributed by atoms with van der Waals surface area (Å²) in [5, 5.41) is 3.68. The summed E-state index contributed by atoms with van der Waals surface area (Å²) in [6.07, 6.45) is 1.64. The van der Waals surface area contributed by atoms with Crippen LogP contribution in [-0.2, 0) is 39.0 Å². The first kappa shape index (κ1) is 35.0. The van der Waals surface area contributed by atoms with Crippen molar-refractivity contribution < 1.29 is 18.0 Å². The number of sulfonamides is 1. The minimum absolute atomic E-state index is 0.0402. The van der Waals surface area contributed by atoms with Crippen LogP contribution in [-0.4, -0.2) is 43.8 Å². The molecule has 10 heteroatoms. The minimum Gasteiger partial charge on any atom is -0.352 e. The molecule has 0 saturated carbocycles. The molecule has 242 valence electrons. The molecule has 0 radical (unpaired) electrons. The number of rotatable bonds is 14. The maximum absolute atomic E-state index is 14.6. The normalized spacial score (nSPS) is 12.6. The average molecular weight is 681 g/mol. The van der Waals surface area contributed by atoms with E-state index in [0.29, 0.717) is 27.7 Å². The van der Waals surface area contributed by atoms with E-state index < -0.39 is 28.5 Å². The second-order valence-corrected chi connectivity index (χ2v) is 13.8. The second-order valence-electron chi connectivity index (χ2n) is 11.1. The van der Waals surface area contributed by atoms with E-state index >= 15 is 0 Å². The van der Waals surface area contributed by atoms with Gasteiger partial charge >= 0.3 is 0 Å². The fourth-order valence-corrected chi connectivity index (χ4v) is 6.95. The highest BCUT2D eigenvalue weighted by Crippen LogP contribution is 2.29. The number of nitrogens with zero attached hydrogens (tertiary/aromatic N) is 2. The Morgan fingerprint density at radius 3 is 1.93 bits per heavy atom. The van der Waals surface area contributed by atoms with Crippen LogP contribution in [0.15, 0.2) is 108 Å². The van der Waals surface area contributed by atoms with Gasteiger partial charge in [-0.3, -0.25) is 13.9 Å². The lowest BCUT2D eigenvalue weighted by Crippen LogP contribution is -2.54. The summed E-state index contributed by atoms with van der Waals surface area (Å²) in [4.78, 5) is 30.0. The zero-order valence-electron chi connectivity index (χ0n) is 26.2. The van der Waals surface area contributed by atoms with Crippen LogP contribution in [0.3, 0.4) is 0 Å². The molecule has 0 unspecified atom stereocenters. The van der Waals surface area contributed by atoms with Gasteiger partial charge in [-0.15, -0.1) is 0 Å². The van der Waals surface area contributed by atoms with Crippen LogP contribution in [0, 0.1) is 0 Å². The highest BCUT2D eigenvalue weighted by molar-refractivity contribution is 7.92. The monoisotopic (exact) mass is 679 g/mol. The van der Waals surface area contributed by atoms with Crippen molar-refractivity contribution in [3.05, 3.63) is 130 Å². The molecule has 7 nitrogen and oxygen atoms in total. The molecule has 2 atom stereocenters. The predicted molar refractivity (Wildman–Crippen MR) is 186 cm³/mol. The van der Waals surface area contributed by atoms with Crippen LogP contribution >= 0.6 is 23.2 Å². The average Bonchev–Trinajstić information content (AvgIpc) is 3.07. The largest absolute Gasteiger partial charge is 0.352 e. The van der Waals surface area contributed by atoms with E-state index in [-0.39, 0.29) is 29.8 Å². The van der Waals surface area contributed by atoms with E-state index in [1.807, 2.05) is 63.2 Å². The van der Waals surface area contributed by atoms with Gasteiger partial charge in [0.2, 0.25) is 11.8 Å². The quantitative estimate of drug-likeness (QED) is 0.151. The molecule has 0 fully saturated rings. The van der Waals surface area contributed by atoms with Crippen molar-refractivity contribution in [1.82, 2.24) is 10.2 Å². The molecule has 0 aromatic heterocycles. The van der Waals surface area contributed by atoms with Crippen molar-refractivity contribution in [1.29, 1.82) is 0 Å². The topological polar surface area (TPSA) is 86.8 Å². The molecule has 4 aromatic rings. The lowest BCUT2D eigenvalue weighted by molar-refractivity contribution is -0.140. The molecule has 0 spiro atoms. The number of anilines is 1. The van der Waals surface area contributed by atoms with Crippen molar-refractivity contribution in [3.63, 3.8) is 0 Å². The third kappa shape index (κ3) is 8.69. The maximum Gasteiger partial charge on any atom is 0.264 e. The molecular formula is C36H39Cl2N3O4S. The Bertz CT molecular complexity index is 1700. The Morgan fingerprint density at radius 1 is 0.783 bits per heavy atom. The Hall–Kier alpha value is -3.85. The smallest absolute Gasteiger partial charge is 0.264 e. The Balaban J connectivity index is 1.83. The van der Waals surface area contributed by atoms with Gasteiger partial charge in [-0.05, 0) is 67.3 Å². The van der Waals surface area contributed by atoms with Crippen LogP contribution in [0.1, 0.15) is 43.9 Å². The van der Waals surface area contributed by atoms with E-state index in [9.17, 15) is 18.0 Å². The number of hydrogen-bond donors (Lipinski definition) is 1. The van der Waals surface area contributed by atoms with Gasteiger partial charge in [-0.1, -0.05) is 104 Å². The summed E-state index contributed by atoms with van der Waals surface area (Å²) in [6.45, 7) is 5.18. The molecule has 0 bridgehead atoms. The Labute approximate surface area is 282 Å². The van der Waals surface area contributed by atoms with Crippen molar-refractivity contribution in [3.8, 4) is 0 Å². The molecule has 0 aliphatic rings. The van der Waals surface area contributed by atoms with E-state index in [2.05, 4.69) is 5.32 Å². The van der Waals surface area contributed by atoms with Gasteiger partial charge in [-0.25, -0.2) is 8.42 Å². The molecule has 4 rings (SSSR count). The van der Waals surface area contributed by atoms with Crippen LogP contribution in [0.25, 0.3) is 0 Å². The number of nitrogens with one attached hydrogen (secondary N) is 1. The first-order chi connectivity index (χ1) is 22.0. The Kier molecular flexibility index (Phi) is 12.3. The van der Waals surface area contributed by atoms with Crippen LogP contribution < -0.4 is 9.62 Å². The van der Waals surface area contributed by atoms with Crippen molar-refractivity contribution in [2.75, 3.05) is 10.8 Å². The predicted octanol–water partition coefficient (Wildman–Crippen LogP) is 7.31. The molecule has 1 N–H and O–H groups in total. The minimum atomic E-state index is -4.19. The molecule has 0 aliphatic heterocycles. The fraction of sp³-hybridized carbons (Fsp3) is 0.278. The SMILES string of the molecule is CCc1ccc(N(CC(=O)N(Cc2c(Cl)cccc2Cl)[C@@H](Cc2ccccc2)C(=O)N[C@@H](C)CC)S(=O)(=O)c2ccccc2)cc1. The van der Waals surface area contributed by atoms with Crippen LogP contribution in [0.4, 0.5) is 5.69 Å². The van der Waals surface area contributed by atoms with Gasteiger partial charge < -0.3 is 10.2 Å². The number of aryl methyl sites for hydroxylation is 1. The van der Waals surface area contributed by atoms with Gasteiger partial charge in [0, 0.05) is 34.6 Å². The van der Waals surface area contributed by atoms with Crippen LogP contribution in [0.2, 0.25) is 10.0 Å². The number of halogens is 2. The summed E-state index contributed by atoms with van der Waals surface area (Å²) in [5.41, 5.74) is 2.64. The van der Waals surface area contributed by atoms with Gasteiger partial charge in [0.1, 0.15) is 12.6 Å². The van der Waals surface area contributed by atoms with Gasteiger partial charge in [-0.2, -0.15) is 0 Å². The lowest BCUT2D eigenvalue weighted by atomic mass is 10.0. The summed E-state index contributed by atoms with van der Waals surface area (Å²) < 4.78 is 29.3. The molecule has 46 heavy (non-hydrogen) atoms. The van der Waals surface area contributed by atoms with Crippen molar-refractivity contribution in [2.45, 2.75) is 63.6 Å². The number of hydrogen-bond acceptors (Lipinski definition) is 4. The molecule has 0 heterocycles. The van der Waals surface area contributed by atoms with E-state index in [4.69, 9.17) is 23.2 Å². The number of carbonyl (C=O) groups is 2. The first-order valence-corrected chi connectivity index (χ1v) is 17.5. The third-order valence-corrected chi connectivity index (χ3v) is 10.4. The first-order valence-electron chi connectivity index (χ1n) is 15.3. The van der Waals surface area contributed by atoms with Gasteiger partial charge in [0.05, 0.1) is 10.6 Å². The zero-order chi connectivity index (χ0) is 33.3. The van der Waals surface area contributed by atoms with E-state index in [0.717, 1.165) is 21.9 Å². The maximum atomic E-state index is 14.6. The summed E-state index contributed by atoms with van der Waals surface area (Å²) in [7, 11) is -4.19. The van der Waals surface area contributed by atoms with E-state index in [1.54, 1.807) is 48.5 Å². The third-order valence-electron chi connectivity index (χ3n) is 7.90. The number of carbonyl (C=O) groups excluding carboxylic acids is 2. The number of amides is 2. The number of benzene rings is 4. The zero-order valence-corrected chi connectivity index (χ0v) is 28.5. The highest BCUT2D eigenvalue weighted by Gasteiger charge is 2.35. The standard InChI is InChI=1S/C36H39Cl2N3O4S/c1-4-26(3)39-36(43)34(23-28-13-8-6-9-14-28)40(24-31-32(37)17-12-18-33(31)38)35(42)25-41(29-21-19-27(5-2)20-22-29)46(44,45)30-15-10-7-11-16-30/h6-22,26,34H,4-5,23-25H2,1-3H3,(H,39,43)/t26-,34-/m0/s1. The van der Waals surface area contributed by atoms with Crippen LogP contribution in [0.5, 0.6) is 0 Å². The fourth-order valence-electron chi connectivity index (χ4n) is 5.00. The molecule has 0 aliphatic carbocycles. The summed E-state index contributed by atoms with van der Waals surface area (Å²) in [6, 6.07) is 28.3. The van der Waals surface area contributed by atoms with E-state index in [1.165, 1.54) is 17.0 Å². The Morgan fingerprint density at radius 2 is 1.37 bits per heavy atom. The molecule has 2 amide bonds. The lowest BCUT2D eigenvalue weighted by Gasteiger charge is -2.34. The van der Waals surface area contributed by atoms with Gasteiger partial charge in [0.25, 0.3) is 10.0 Å². The molecule has 4 aromatic carbocycles. The van der Waals surface area contributed by atoms with Crippen molar-refractivity contribution in [2.24, 2.45) is 0 Å². The second kappa shape index (κ2) is 16.1. The molecule has 0 saturated heterocycles. The highest BCUT2D eigenvalue weighted by atomic mass is 35.5. The summed E-state index contributed by atoms with van der Waals surface area (Å²) >= 11 is 13.2. The van der Waals surface area contributed by atoms with Gasteiger partial charge in [0.15, 0.2) is 0 Å². The van der Waals surface area contributed by atoms with Crippen molar-refractivity contribution >= 4 is 50.7 Å². The summed E-state index contributed by atoms with van der Waals surface area (Å²) in [5.74, 6) is -0.949. The molecular weight excluding hydrogens is 641 g/mol.